The molecule has 28 heavy (non-hydrogen) atoms. The fraction of sp³-hybridized carbons (Fsp3) is 0.227. The molecule has 148 valence electrons. The first-order valence-corrected chi connectivity index (χ1v) is 8.69. The van der Waals surface area contributed by atoms with Gasteiger partial charge < -0.3 is 24.1 Å². The Balaban J connectivity index is 1.94. The number of hydrogen-bond acceptors (Lipinski definition) is 5. The highest BCUT2D eigenvalue weighted by Gasteiger charge is 2.08. The van der Waals surface area contributed by atoms with Gasteiger partial charge in [0.2, 0.25) is 0 Å². The molecule has 0 unspecified atom stereocenters. The zero-order valence-corrected chi connectivity index (χ0v) is 16.0. The maximum atomic E-state index is 10.6. The lowest BCUT2D eigenvalue weighted by molar-refractivity contribution is -0.131. The number of carboxylic acid groups (broad SMARTS) is 1. The van der Waals surface area contributed by atoms with Crippen LogP contribution in [0.4, 0.5) is 0 Å². The van der Waals surface area contributed by atoms with E-state index in [0.29, 0.717) is 41.8 Å². The zero-order valence-electron chi connectivity index (χ0n) is 16.0. The molecular weight excluding hydrogens is 360 g/mol. The number of ether oxygens (including phenoxy) is 4. The summed E-state index contributed by atoms with van der Waals surface area (Å²) in [7, 11) is 3.13. The van der Waals surface area contributed by atoms with Gasteiger partial charge in [-0.25, -0.2) is 4.79 Å². The molecule has 6 heteroatoms. The van der Waals surface area contributed by atoms with Crippen molar-refractivity contribution < 1.29 is 28.8 Å². The first kappa shape index (κ1) is 20.9. The first-order chi connectivity index (χ1) is 13.6. The van der Waals surface area contributed by atoms with Crippen molar-refractivity contribution in [3.05, 3.63) is 66.3 Å². The number of benzene rings is 2. The molecule has 2 rings (SSSR count). The Kier molecular flexibility index (Phi) is 7.96. The largest absolute Gasteiger partial charge is 0.493 e. The monoisotopic (exact) mass is 384 g/mol. The lowest BCUT2D eigenvalue weighted by atomic mass is 10.1. The van der Waals surface area contributed by atoms with Crippen LogP contribution < -0.4 is 18.9 Å². The van der Waals surface area contributed by atoms with Gasteiger partial charge in [0.25, 0.3) is 0 Å². The van der Waals surface area contributed by atoms with Crippen molar-refractivity contribution in [2.45, 2.75) is 6.42 Å². The van der Waals surface area contributed by atoms with Crippen LogP contribution in [0.15, 0.2) is 55.1 Å². The molecular formula is C22H24O6. The van der Waals surface area contributed by atoms with Crippen molar-refractivity contribution in [1.82, 2.24) is 0 Å². The molecule has 2 aromatic carbocycles. The Labute approximate surface area is 164 Å². The van der Waals surface area contributed by atoms with Crippen molar-refractivity contribution in [2.24, 2.45) is 0 Å². The van der Waals surface area contributed by atoms with Crippen molar-refractivity contribution in [2.75, 3.05) is 27.4 Å². The number of rotatable bonds is 11. The van der Waals surface area contributed by atoms with Gasteiger partial charge in [0.15, 0.2) is 23.0 Å². The van der Waals surface area contributed by atoms with Gasteiger partial charge in [-0.15, -0.1) is 6.58 Å². The number of hydrogen-bond donors (Lipinski definition) is 1. The summed E-state index contributed by atoms with van der Waals surface area (Å²) in [6, 6.07) is 10.9. The summed E-state index contributed by atoms with van der Waals surface area (Å²) >= 11 is 0. The van der Waals surface area contributed by atoms with E-state index in [2.05, 4.69) is 6.58 Å². The lowest BCUT2D eigenvalue weighted by Gasteiger charge is -2.14. The molecule has 0 radical (unpaired) electrons. The molecule has 2 aromatic rings. The maximum absolute atomic E-state index is 10.6. The smallest absolute Gasteiger partial charge is 0.328 e. The van der Waals surface area contributed by atoms with Gasteiger partial charge in [-0.2, -0.15) is 0 Å². The third-order valence-corrected chi connectivity index (χ3v) is 3.81. The molecule has 0 aliphatic heterocycles. The van der Waals surface area contributed by atoms with Gasteiger partial charge in [0.1, 0.15) is 13.2 Å². The highest BCUT2D eigenvalue weighted by atomic mass is 16.5. The number of carbonyl (C=O) groups is 1. The number of methoxy groups -OCH3 is 2. The predicted molar refractivity (Wildman–Crippen MR) is 108 cm³/mol. The van der Waals surface area contributed by atoms with Crippen LogP contribution in [-0.2, 0) is 11.2 Å². The lowest BCUT2D eigenvalue weighted by Crippen LogP contribution is -2.10. The topological polar surface area (TPSA) is 74.2 Å². The molecule has 0 saturated carbocycles. The molecule has 1 N–H and O–H groups in total. The summed E-state index contributed by atoms with van der Waals surface area (Å²) in [5, 5.41) is 8.70. The normalized spacial score (nSPS) is 10.5. The second-order valence-electron chi connectivity index (χ2n) is 5.76. The van der Waals surface area contributed by atoms with E-state index in [1.807, 2.05) is 24.3 Å². The van der Waals surface area contributed by atoms with E-state index in [9.17, 15) is 4.79 Å². The van der Waals surface area contributed by atoms with E-state index in [1.54, 1.807) is 25.3 Å². The van der Waals surface area contributed by atoms with Gasteiger partial charge >= 0.3 is 5.97 Å². The van der Waals surface area contributed by atoms with Crippen molar-refractivity contribution in [1.29, 1.82) is 0 Å². The summed E-state index contributed by atoms with van der Waals surface area (Å²) < 4.78 is 22.1. The third kappa shape index (κ3) is 6.09. The number of carboxylic acids is 1. The molecule has 0 spiro atoms. The fourth-order valence-corrected chi connectivity index (χ4v) is 2.50. The summed E-state index contributed by atoms with van der Waals surface area (Å²) in [6.07, 6.45) is 5.15. The van der Waals surface area contributed by atoms with Gasteiger partial charge in [-0.05, 0) is 47.9 Å². The Hall–Kier alpha value is -3.41. The van der Waals surface area contributed by atoms with Crippen molar-refractivity contribution in [3.63, 3.8) is 0 Å². The van der Waals surface area contributed by atoms with Crippen LogP contribution in [0.1, 0.15) is 11.1 Å². The summed E-state index contributed by atoms with van der Waals surface area (Å²) in [4.78, 5) is 10.6. The van der Waals surface area contributed by atoms with Crippen LogP contribution >= 0.6 is 0 Å². The molecule has 0 bridgehead atoms. The van der Waals surface area contributed by atoms with Gasteiger partial charge in [0.05, 0.1) is 14.2 Å². The quantitative estimate of drug-likeness (QED) is 0.359. The zero-order chi connectivity index (χ0) is 20.4. The summed E-state index contributed by atoms with van der Waals surface area (Å²) in [6.45, 7) is 4.36. The Morgan fingerprint density at radius 3 is 2.14 bits per heavy atom. The minimum absolute atomic E-state index is 0.304. The SMILES string of the molecule is C=CCc1ccc(OCCOc2ccc(/C=C/C(=O)O)cc2OC)c(OC)c1. The third-order valence-electron chi connectivity index (χ3n) is 3.81. The van der Waals surface area contributed by atoms with Crippen LogP contribution in [0.3, 0.4) is 0 Å². The summed E-state index contributed by atoms with van der Waals surface area (Å²) in [5.74, 6) is 1.35. The van der Waals surface area contributed by atoms with Gasteiger partial charge in [-0.3, -0.25) is 0 Å². The molecule has 0 amide bonds. The molecule has 0 fully saturated rings. The maximum Gasteiger partial charge on any atom is 0.328 e. The molecule has 0 atom stereocenters. The predicted octanol–water partition coefficient (Wildman–Crippen LogP) is 3.99. The molecule has 0 saturated heterocycles. The van der Waals surface area contributed by atoms with Gasteiger partial charge in [0, 0.05) is 6.08 Å². The van der Waals surface area contributed by atoms with Crippen LogP contribution in [0, 0.1) is 0 Å². The van der Waals surface area contributed by atoms with E-state index in [0.717, 1.165) is 18.1 Å². The average molecular weight is 384 g/mol. The second kappa shape index (κ2) is 10.7. The Morgan fingerprint density at radius 2 is 1.57 bits per heavy atom. The molecule has 0 aromatic heterocycles. The van der Waals surface area contributed by atoms with Crippen molar-refractivity contribution >= 4 is 12.0 Å². The summed E-state index contributed by atoms with van der Waals surface area (Å²) in [5.41, 5.74) is 1.80. The Bertz CT molecular complexity index is 841. The average Bonchev–Trinajstić information content (AvgIpc) is 2.70. The van der Waals surface area contributed by atoms with E-state index in [-0.39, 0.29) is 0 Å². The Morgan fingerprint density at radius 1 is 0.964 bits per heavy atom. The molecule has 0 aliphatic rings. The first-order valence-electron chi connectivity index (χ1n) is 8.69. The molecule has 0 aliphatic carbocycles. The molecule has 0 heterocycles. The van der Waals surface area contributed by atoms with E-state index >= 15 is 0 Å². The minimum atomic E-state index is -1.01. The highest BCUT2D eigenvalue weighted by Crippen LogP contribution is 2.30. The minimum Gasteiger partial charge on any atom is -0.493 e. The van der Waals surface area contributed by atoms with E-state index in [1.165, 1.54) is 13.2 Å². The highest BCUT2D eigenvalue weighted by molar-refractivity contribution is 5.85. The number of allylic oxidation sites excluding steroid dienone is 1. The van der Waals surface area contributed by atoms with Crippen molar-refractivity contribution in [3.8, 4) is 23.0 Å². The van der Waals surface area contributed by atoms with E-state index < -0.39 is 5.97 Å². The second-order valence-corrected chi connectivity index (χ2v) is 5.76. The molecule has 6 nitrogen and oxygen atoms in total. The van der Waals surface area contributed by atoms with Crippen LogP contribution in [0.25, 0.3) is 6.08 Å². The number of aliphatic carboxylic acids is 1. The van der Waals surface area contributed by atoms with Crippen LogP contribution in [0.2, 0.25) is 0 Å². The van der Waals surface area contributed by atoms with E-state index in [4.69, 9.17) is 24.1 Å². The van der Waals surface area contributed by atoms with Crippen LogP contribution in [0.5, 0.6) is 23.0 Å². The fourth-order valence-electron chi connectivity index (χ4n) is 2.50. The van der Waals surface area contributed by atoms with Crippen LogP contribution in [-0.4, -0.2) is 38.5 Å². The van der Waals surface area contributed by atoms with Gasteiger partial charge in [-0.1, -0.05) is 18.2 Å². The standard InChI is InChI=1S/C22H24O6/c1-4-5-16-6-9-18(20(14-16)25-2)27-12-13-28-19-10-7-17(8-11-22(23)24)15-21(19)26-3/h4,6-11,14-15H,1,5,12-13H2,2-3H3,(H,23,24)/b11-8+.